The Morgan fingerprint density at radius 3 is 2.75 bits per heavy atom. The Kier molecular flexibility index (Phi) is 8.35. The molecule has 8 N–H and O–H groups in total. The summed E-state index contributed by atoms with van der Waals surface area (Å²) in [4.78, 5) is 63.4. The highest BCUT2D eigenvalue weighted by atomic mass is 32.2. The van der Waals surface area contributed by atoms with E-state index in [-0.39, 0.29) is 33.8 Å². The lowest BCUT2D eigenvalue weighted by atomic mass is 10.0. The molecule has 3 atom stereocenters. The maximum absolute atomic E-state index is 13.1. The first-order valence-electron chi connectivity index (χ1n) is 11.3. The number of anilines is 2. The number of aromatic nitrogens is 3. The van der Waals surface area contributed by atoms with Gasteiger partial charge in [0.25, 0.3) is 11.8 Å². The number of carbonyl (C=O) groups excluding carboxylic acids is 3. The molecule has 16 nitrogen and oxygen atoms in total. The number of nitrogens with two attached hydrogens (primary N) is 3. The van der Waals surface area contributed by atoms with Crippen molar-refractivity contribution in [2.45, 2.75) is 36.5 Å². The van der Waals surface area contributed by atoms with Gasteiger partial charge in [0, 0.05) is 16.9 Å². The number of nitrogen functional groups attached to an aromatic ring is 3. The van der Waals surface area contributed by atoms with Crippen LogP contribution in [0.1, 0.15) is 18.2 Å². The van der Waals surface area contributed by atoms with E-state index in [4.69, 9.17) is 27.3 Å². The molecule has 1 saturated heterocycles. The van der Waals surface area contributed by atoms with Gasteiger partial charge in [-0.15, -0.1) is 27.8 Å². The van der Waals surface area contributed by atoms with Gasteiger partial charge in [-0.2, -0.15) is 0 Å². The highest BCUT2D eigenvalue weighted by molar-refractivity contribution is 8.01. The van der Waals surface area contributed by atoms with E-state index >= 15 is 0 Å². The van der Waals surface area contributed by atoms with E-state index in [1.807, 2.05) is 0 Å². The summed E-state index contributed by atoms with van der Waals surface area (Å²) in [5, 5.41) is 28.4. The Morgan fingerprint density at radius 2 is 2.12 bits per heavy atom. The van der Waals surface area contributed by atoms with Gasteiger partial charge >= 0.3 is 11.1 Å². The van der Waals surface area contributed by atoms with E-state index in [2.05, 4.69) is 20.4 Å². The maximum Gasteiger partial charge on any atom is 0.384 e. The van der Waals surface area contributed by atoms with Crippen LogP contribution in [0, 0.1) is 6.92 Å². The average molecular weight is 610 g/mol. The molecule has 0 saturated carbocycles. The number of amides is 2. The zero-order chi connectivity index (χ0) is 29.3. The molecule has 2 amide bonds. The molecular formula is C21H23N9O7S3. The molecule has 2 aliphatic heterocycles. The van der Waals surface area contributed by atoms with E-state index < -0.39 is 47.0 Å². The molecule has 0 aliphatic carbocycles. The van der Waals surface area contributed by atoms with Crippen LogP contribution in [0.3, 0.4) is 0 Å². The van der Waals surface area contributed by atoms with Crippen molar-refractivity contribution in [1.29, 1.82) is 0 Å². The van der Waals surface area contributed by atoms with Crippen LogP contribution < -0.4 is 32.4 Å². The zero-order valence-corrected chi connectivity index (χ0v) is 23.3. The summed E-state index contributed by atoms with van der Waals surface area (Å²) in [6.45, 7) is 2.95. The predicted octanol–water partition coefficient (Wildman–Crippen LogP) is -2.60. The number of hydrogen-bond donors (Lipinski definition) is 5. The summed E-state index contributed by atoms with van der Waals surface area (Å²) >= 11 is 3.39. The van der Waals surface area contributed by atoms with Crippen molar-refractivity contribution < 1.29 is 38.9 Å². The van der Waals surface area contributed by atoms with Crippen molar-refractivity contribution in [2.75, 3.05) is 28.8 Å². The number of thiazole rings is 1. The molecule has 0 radical (unpaired) electrons. The summed E-state index contributed by atoms with van der Waals surface area (Å²) in [5.74, 6) is 2.12. The summed E-state index contributed by atoms with van der Waals surface area (Å²) < 4.78 is 1.27. The van der Waals surface area contributed by atoms with Gasteiger partial charge in [0.2, 0.25) is 11.9 Å². The van der Waals surface area contributed by atoms with E-state index in [9.17, 15) is 24.3 Å². The van der Waals surface area contributed by atoms with Gasteiger partial charge in [-0.1, -0.05) is 5.16 Å². The van der Waals surface area contributed by atoms with E-state index in [1.165, 1.54) is 28.7 Å². The van der Waals surface area contributed by atoms with Crippen LogP contribution in [-0.2, 0) is 24.0 Å². The number of thioether (sulfide) groups is 2. The van der Waals surface area contributed by atoms with Crippen LogP contribution in [-0.4, -0.2) is 78.5 Å². The number of carboxylic acid groups (broad SMARTS) is 2. The minimum atomic E-state index is -1.55. The maximum atomic E-state index is 13.1. The lowest BCUT2D eigenvalue weighted by Gasteiger charge is -2.50. The number of carboxylic acids is 2. The number of aryl methyl sites for hydroxylation is 1. The van der Waals surface area contributed by atoms with Gasteiger partial charge in [0.1, 0.15) is 23.3 Å². The zero-order valence-electron chi connectivity index (χ0n) is 20.9. The molecule has 1 unspecified atom stereocenters. The predicted molar refractivity (Wildman–Crippen MR) is 143 cm³/mol. The number of rotatable bonds is 10. The highest BCUT2D eigenvalue weighted by Gasteiger charge is 2.53. The second kappa shape index (κ2) is 11.6. The fraction of sp³-hybridized carbons (Fsp3) is 0.333. The van der Waals surface area contributed by atoms with E-state index in [0.29, 0.717) is 16.3 Å². The van der Waals surface area contributed by atoms with Crippen molar-refractivity contribution in [3.8, 4) is 0 Å². The molecule has 2 aliphatic rings. The van der Waals surface area contributed by atoms with Crippen molar-refractivity contribution in [1.82, 2.24) is 20.2 Å². The molecule has 0 spiro atoms. The largest absolute Gasteiger partial charge is 0.543 e. The second-order valence-corrected chi connectivity index (χ2v) is 11.4. The monoisotopic (exact) mass is 609 g/mol. The fourth-order valence-electron chi connectivity index (χ4n) is 3.61. The molecule has 0 bridgehead atoms. The number of aliphatic carboxylic acids is 2. The average Bonchev–Trinajstić information content (AvgIpc) is 3.33. The van der Waals surface area contributed by atoms with Crippen LogP contribution in [0.4, 0.5) is 10.9 Å². The minimum absolute atomic E-state index is 0.00893. The Hall–Kier alpha value is -4.10. The summed E-state index contributed by atoms with van der Waals surface area (Å²) in [6.07, 6.45) is 0.211. The fourth-order valence-corrected chi connectivity index (χ4v) is 6.54. The Labute approximate surface area is 238 Å². The number of hydrogen-bond acceptors (Lipinski definition) is 15. The van der Waals surface area contributed by atoms with Crippen LogP contribution in [0.15, 0.2) is 33.2 Å². The topological polar surface area (TPSA) is 256 Å². The Bertz CT molecular complexity index is 1460. The van der Waals surface area contributed by atoms with Crippen molar-refractivity contribution in [3.63, 3.8) is 0 Å². The lowest BCUT2D eigenvalue weighted by Crippen LogP contribution is -2.71. The van der Waals surface area contributed by atoms with Crippen molar-refractivity contribution in [3.05, 3.63) is 34.1 Å². The number of β-lactam (4-membered cyclic amide) rings is 1. The third-order valence-electron chi connectivity index (χ3n) is 5.71. The first-order valence-corrected chi connectivity index (χ1v) is 14.2. The summed E-state index contributed by atoms with van der Waals surface area (Å²) in [5.41, 5.74) is 11.9. The number of carbonyl (C=O) groups is 4. The molecule has 4 heterocycles. The van der Waals surface area contributed by atoms with Crippen LogP contribution in [0.25, 0.3) is 0 Å². The van der Waals surface area contributed by atoms with Crippen LogP contribution >= 0.6 is 34.9 Å². The summed E-state index contributed by atoms with van der Waals surface area (Å²) in [7, 11) is 0. The molecule has 2 aromatic heterocycles. The molecule has 1 fully saturated rings. The quantitative estimate of drug-likeness (QED) is 0.0352. The summed E-state index contributed by atoms with van der Waals surface area (Å²) in [6, 6.07) is -1.11. The van der Waals surface area contributed by atoms with Crippen LogP contribution in [0.2, 0.25) is 0 Å². The van der Waals surface area contributed by atoms with Gasteiger partial charge < -0.3 is 36.6 Å². The van der Waals surface area contributed by atoms with Crippen molar-refractivity contribution >= 4 is 75.3 Å². The lowest BCUT2D eigenvalue weighted by molar-refractivity contribution is -0.682. The SMILES string of the molecule is Cc1c[n+](N)c(SCC2=C(C(=O)[O-])N3C(=O)C(NC(=O)/C(=N\O[C@@H](C)C(=O)O)c4csc(N)n4)[C@H]3SC2)nc1N. The highest BCUT2D eigenvalue weighted by Crippen LogP contribution is 2.41. The number of oxime groups is 1. The van der Waals surface area contributed by atoms with Gasteiger partial charge in [-0.3, -0.25) is 20.3 Å². The van der Waals surface area contributed by atoms with Crippen LogP contribution in [0.5, 0.6) is 0 Å². The third-order valence-corrected chi connectivity index (χ3v) is 8.77. The van der Waals surface area contributed by atoms with E-state index in [1.54, 1.807) is 13.1 Å². The van der Waals surface area contributed by atoms with Gasteiger partial charge in [-0.25, -0.2) is 9.78 Å². The molecule has 40 heavy (non-hydrogen) atoms. The molecule has 4 rings (SSSR count). The smallest absolute Gasteiger partial charge is 0.384 e. The first kappa shape index (κ1) is 28.9. The molecule has 212 valence electrons. The molecule has 19 heteroatoms. The molecule has 0 aromatic carbocycles. The molecular weight excluding hydrogens is 586 g/mol. The second-order valence-electron chi connectivity index (χ2n) is 8.48. The van der Waals surface area contributed by atoms with Gasteiger partial charge in [0.15, 0.2) is 10.8 Å². The number of nitrogens with one attached hydrogen (secondary N) is 1. The number of fused-ring (bicyclic) bond motifs is 1. The van der Waals surface area contributed by atoms with Gasteiger partial charge in [-0.05, 0) is 36.2 Å². The van der Waals surface area contributed by atoms with E-state index in [0.717, 1.165) is 28.0 Å². The standard InChI is InChI=1S/C21H23N9O7S3/c1-7-3-29(24)21(27-14(7)22)40-5-9-4-38-17-12(16(32)30(17)13(9)19(35)36)26-15(31)11(10-6-39-20(23)25-10)28-37-8(2)18(33)34/h3,6,8,12,17,22H,4-5,24H2,1-2H3,(H5,23,25,26,31,33,34,35,36)/b28-11-/t8-,12?,17+/m0/s1. The van der Waals surface area contributed by atoms with Crippen molar-refractivity contribution in [2.24, 2.45) is 5.16 Å². The van der Waals surface area contributed by atoms with Gasteiger partial charge in [0.05, 0.1) is 17.2 Å². The normalized spacial score (nSPS) is 19.5. The minimum Gasteiger partial charge on any atom is -0.543 e. The first-order chi connectivity index (χ1) is 18.9. The number of nitrogens with zero attached hydrogens (tertiary/aromatic N) is 5. The third kappa shape index (κ3) is 5.75. The molecule has 2 aromatic rings. The Morgan fingerprint density at radius 1 is 1.40 bits per heavy atom. The Balaban J connectivity index is 1.51.